The van der Waals surface area contributed by atoms with Crippen LogP contribution in [0.2, 0.25) is 5.02 Å². The second kappa shape index (κ2) is 8.64. The van der Waals surface area contributed by atoms with Gasteiger partial charge in [-0.1, -0.05) is 30.7 Å². The second-order valence-electron chi connectivity index (χ2n) is 5.87. The van der Waals surface area contributed by atoms with Gasteiger partial charge in [-0.05, 0) is 30.5 Å². The zero-order chi connectivity index (χ0) is 16.8. The van der Waals surface area contributed by atoms with Crippen LogP contribution in [-0.4, -0.2) is 44.5 Å². The Labute approximate surface area is 142 Å². The van der Waals surface area contributed by atoms with Gasteiger partial charge in [-0.25, -0.2) is 0 Å². The first kappa shape index (κ1) is 18.2. The van der Waals surface area contributed by atoms with Crippen molar-refractivity contribution in [1.29, 1.82) is 0 Å². The van der Waals surface area contributed by atoms with E-state index >= 15 is 0 Å². The summed E-state index contributed by atoms with van der Waals surface area (Å²) in [4.78, 5) is 11.6. The van der Waals surface area contributed by atoms with Crippen LogP contribution in [0.25, 0.3) is 0 Å². The summed E-state index contributed by atoms with van der Waals surface area (Å²) in [5, 5.41) is 0.714. The highest BCUT2D eigenvalue weighted by Gasteiger charge is 2.41. The Kier molecular flexibility index (Phi) is 6.84. The minimum Gasteiger partial charge on any atom is -0.456 e. The molecule has 2 N–H and O–H groups in total. The Bertz CT molecular complexity index is 508. The van der Waals surface area contributed by atoms with Gasteiger partial charge >= 0.3 is 5.97 Å². The fraction of sp³-hybridized carbons (Fsp3) is 0.588. The molecular formula is C17H24ClNO4. The predicted molar refractivity (Wildman–Crippen MR) is 88.4 cm³/mol. The van der Waals surface area contributed by atoms with E-state index in [4.69, 9.17) is 31.5 Å². The van der Waals surface area contributed by atoms with Crippen LogP contribution in [-0.2, 0) is 25.4 Å². The van der Waals surface area contributed by atoms with E-state index in [0.717, 1.165) is 18.4 Å². The minimum atomic E-state index is -0.439. The van der Waals surface area contributed by atoms with Crippen molar-refractivity contribution in [2.45, 2.75) is 38.1 Å². The van der Waals surface area contributed by atoms with E-state index in [1.165, 1.54) is 0 Å². The molecule has 4 unspecified atom stereocenters. The molecule has 0 aliphatic carbocycles. The first-order valence-corrected chi connectivity index (χ1v) is 8.21. The van der Waals surface area contributed by atoms with Gasteiger partial charge in [0, 0.05) is 18.1 Å². The van der Waals surface area contributed by atoms with Crippen molar-refractivity contribution in [1.82, 2.24) is 0 Å². The first-order chi connectivity index (χ1) is 11.0. The summed E-state index contributed by atoms with van der Waals surface area (Å²) in [5.41, 5.74) is 6.53. The van der Waals surface area contributed by atoms with Crippen LogP contribution in [0.5, 0.6) is 0 Å². The predicted octanol–water partition coefficient (Wildman–Crippen LogP) is 2.19. The third-order valence-corrected chi connectivity index (χ3v) is 4.41. The van der Waals surface area contributed by atoms with E-state index in [1.54, 1.807) is 7.11 Å². The number of halogens is 1. The highest BCUT2D eigenvalue weighted by molar-refractivity contribution is 6.30. The number of esters is 1. The number of ether oxygens (including phenoxy) is 3. The Morgan fingerprint density at radius 1 is 1.35 bits per heavy atom. The first-order valence-electron chi connectivity index (χ1n) is 7.83. The molecule has 1 aromatic carbocycles. The van der Waals surface area contributed by atoms with Crippen molar-refractivity contribution < 1.29 is 19.0 Å². The molecule has 23 heavy (non-hydrogen) atoms. The van der Waals surface area contributed by atoms with Crippen molar-refractivity contribution in [2.75, 3.05) is 20.3 Å². The van der Waals surface area contributed by atoms with Crippen molar-refractivity contribution in [3.8, 4) is 0 Å². The van der Waals surface area contributed by atoms with E-state index in [1.807, 2.05) is 31.2 Å². The average Bonchev–Trinajstić information content (AvgIpc) is 2.55. The van der Waals surface area contributed by atoms with Crippen LogP contribution in [0.1, 0.15) is 18.9 Å². The third-order valence-electron chi connectivity index (χ3n) is 4.16. The van der Waals surface area contributed by atoms with Crippen LogP contribution in [0.3, 0.4) is 0 Å². The molecule has 128 valence electrons. The molecule has 1 aliphatic heterocycles. The molecule has 5 nitrogen and oxygen atoms in total. The maximum absolute atomic E-state index is 11.6. The molecule has 1 aromatic rings. The SMILES string of the molecule is COC1C(C)COC(CCc2ccc(Cl)cc2)C1OC(=O)CN. The van der Waals surface area contributed by atoms with Gasteiger partial charge in [0.1, 0.15) is 6.10 Å². The van der Waals surface area contributed by atoms with Gasteiger partial charge in [-0.2, -0.15) is 0 Å². The molecule has 4 atom stereocenters. The standard InChI is InChI=1S/C17H24ClNO4/c1-11-10-22-14(8-5-12-3-6-13(18)7-4-12)17(16(11)21-2)23-15(20)9-19/h3-4,6-7,11,14,16-17H,5,8-10,19H2,1-2H3. The van der Waals surface area contributed by atoms with Gasteiger partial charge in [0.05, 0.1) is 19.3 Å². The topological polar surface area (TPSA) is 70.8 Å². The van der Waals surface area contributed by atoms with Crippen LogP contribution in [0, 0.1) is 5.92 Å². The monoisotopic (exact) mass is 341 g/mol. The van der Waals surface area contributed by atoms with Crippen molar-refractivity contribution in [3.05, 3.63) is 34.9 Å². The summed E-state index contributed by atoms with van der Waals surface area (Å²) in [6.45, 7) is 2.46. The molecule has 0 aromatic heterocycles. The maximum Gasteiger partial charge on any atom is 0.320 e. The van der Waals surface area contributed by atoms with Gasteiger partial charge in [0.2, 0.25) is 0 Å². The molecule has 0 spiro atoms. The van der Waals surface area contributed by atoms with Gasteiger partial charge in [0.15, 0.2) is 6.10 Å². The number of aryl methyl sites for hydroxylation is 1. The number of methoxy groups -OCH3 is 1. The third kappa shape index (κ3) is 4.91. The molecule has 1 heterocycles. The number of carbonyl (C=O) groups excluding carboxylic acids is 1. The molecule has 1 aliphatic rings. The number of benzene rings is 1. The Morgan fingerprint density at radius 2 is 2.04 bits per heavy atom. The zero-order valence-corrected chi connectivity index (χ0v) is 14.3. The van der Waals surface area contributed by atoms with Gasteiger partial charge in [-0.15, -0.1) is 0 Å². The lowest BCUT2D eigenvalue weighted by Gasteiger charge is -2.40. The molecule has 0 saturated carbocycles. The fourth-order valence-electron chi connectivity index (χ4n) is 2.92. The highest BCUT2D eigenvalue weighted by Crippen LogP contribution is 2.28. The van der Waals surface area contributed by atoms with E-state index in [9.17, 15) is 4.79 Å². The Balaban J connectivity index is 2.03. The zero-order valence-electron chi connectivity index (χ0n) is 13.5. The molecular weight excluding hydrogens is 318 g/mol. The van der Waals surface area contributed by atoms with E-state index in [2.05, 4.69) is 0 Å². The highest BCUT2D eigenvalue weighted by atomic mass is 35.5. The summed E-state index contributed by atoms with van der Waals surface area (Å²) < 4.78 is 16.9. The summed E-state index contributed by atoms with van der Waals surface area (Å²) in [6, 6.07) is 7.71. The van der Waals surface area contributed by atoms with Crippen LogP contribution >= 0.6 is 11.6 Å². The van der Waals surface area contributed by atoms with Gasteiger partial charge < -0.3 is 19.9 Å². The lowest BCUT2D eigenvalue weighted by atomic mass is 9.90. The lowest BCUT2D eigenvalue weighted by Crippen LogP contribution is -2.52. The van der Waals surface area contributed by atoms with E-state index < -0.39 is 12.1 Å². The number of rotatable bonds is 6. The maximum atomic E-state index is 11.6. The average molecular weight is 342 g/mol. The van der Waals surface area contributed by atoms with E-state index in [0.29, 0.717) is 11.6 Å². The molecule has 0 bridgehead atoms. The quantitative estimate of drug-likeness (QED) is 0.803. The minimum absolute atomic E-state index is 0.148. The summed E-state index contributed by atoms with van der Waals surface area (Å²) in [5.74, 6) is -0.284. The number of carbonyl (C=O) groups is 1. The molecule has 6 heteroatoms. The second-order valence-corrected chi connectivity index (χ2v) is 6.31. The normalized spacial score (nSPS) is 27.7. The van der Waals surface area contributed by atoms with Gasteiger partial charge in [-0.3, -0.25) is 4.79 Å². The molecule has 1 saturated heterocycles. The number of nitrogens with two attached hydrogens (primary N) is 1. The van der Waals surface area contributed by atoms with Crippen LogP contribution < -0.4 is 5.73 Å². The van der Waals surface area contributed by atoms with Crippen LogP contribution in [0.15, 0.2) is 24.3 Å². The van der Waals surface area contributed by atoms with Crippen molar-refractivity contribution in [3.63, 3.8) is 0 Å². The smallest absolute Gasteiger partial charge is 0.320 e. The summed E-state index contributed by atoms with van der Waals surface area (Å²) in [7, 11) is 1.63. The summed E-state index contributed by atoms with van der Waals surface area (Å²) in [6.07, 6.45) is 0.712. The van der Waals surface area contributed by atoms with Crippen molar-refractivity contribution in [2.24, 2.45) is 11.7 Å². The van der Waals surface area contributed by atoms with E-state index in [-0.39, 0.29) is 24.7 Å². The van der Waals surface area contributed by atoms with Crippen molar-refractivity contribution >= 4 is 17.6 Å². The molecule has 1 fully saturated rings. The number of hydrogen-bond donors (Lipinski definition) is 1. The Hall–Kier alpha value is -1.14. The largest absolute Gasteiger partial charge is 0.456 e. The molecule has 0 amide bonds. The Morgan fingerprint density at radius 3 is 2.65 bits per heavy atom. The number of hydrogen-bond acceptors (Lipinski definition) is 5. The summed E-state index contributed by atoms with van der Waals surface area (Å²) >= 11 is 5.90. The fourth-order valence-corrected chi connectivity index (χ4v) is 3.04. The van der Waals surface area contributed by atoms with Crippen LogP contribution in [0.4, 0.5) is 0 Å². The lowest BCUT2D eigenvalue weighted by molar-refractivity contribution is -0.198. The van der Waals surface area contributed by atoms with Gasteiger partial charge in [0.25, 0.3) is 0 Å². The molecule has 2 rings (SSSR count). The molecule has 0 radical (unpaired) electrons.